The lowest BCUT2D eigenvalue weighted by Crippen LogP contribution is -2.31. The van der Waals surface area contributed by atoms with E-state index < -0.39 is 0 Å². The minimum atomic E-state index is 0.0780. The van der Waals surface area contributed by atoms with E-state index in [-0.39, 0.29) is 6.04 Å². The molecule has 2 rings (SSSR count). The number of pyridine rings is 1. The highest BCUT2D eigenvalue weighted by Gasteiger charge is 2.18. The van der Waals surface area contributed by atoms with Crippen LogP contribution in [0.4, 0.5) is 5.82 Å². The molecule has 1 heterocycles. The van der Waals surface area contributed by atoms with E-state index in [1.54, 1.807) is 0 Å². The molecule has 1 atom stereocenters. The number of hydrogen-bond acceptors (Lipinski definition) is 3. The van der Waals surface area contributed by atoms with Gasteiger partial charge in [-0.15, -0.1) is 0 Å². The Morgan fingerprint density at radius 1 is 1.28 bits per heavy atom. The number of aromatic nitrogens is 1. The Labute approximate surface area is 110 Å². The molecule has 2 N–H and O–H groups in total. The Morgan fingerprint density at radius 2 is 1.94 bits per heavy atom. The molecule has 0 aromatic carbocycles. The zero-order valence-corrected chi connectivity index (χ0v) is 11.6. The van der Waals surface area contributed by atoms with Crippen LogP contribution in [0.25, 0.3) is 0 Å². The molecule has 1 aliphatic carbocycles. The molecule has 3 nitrogen and oxygen atoms in total. The van der Waals surface area contributed by atoms with Crippen molar-refractivity contribution in [3.63, 3.8) is 0 Å². The van der Waals surface area contributed by atoms with E-state index in [1.807, 2.05) is 19.2 Å². The molecule has 0 bridgehead atoms. The van der Waals surface area contributed by atoms with Crippen molar-refractivity contribution in [1.29, 1.82) is 0 Å². The summed E-state index contributed by atoms with van der Waals surface area (Å²) in [6.45, 7) is 2.02. The van der Waals surface area contributed by atoms with Crippen LogP contribution in [0.1, 0.15) is 57.1 Å². The van der Waals surface area contributed by atoms with Crippen LogP contribution in [0.5, 0.6) is 0 Å². The van der Waals surface area contributed by atoms with Gasteiger partial charge < -0.3 is 10.6 Å². The van der Waals surface area contributed by atoms with Crippen LogP contribution in [0.2, 0.25) is 0 Å². The summed E-state index contributed by atoms with van der Waals surface area (Å²) in [5.41, 5.74) is 7.11. The molecule has 1 saturated carbocycles. The Balaban J connectivity index is 2.11. The first-order chi connectivity index (χ1) is 8.68. The van der Waals surface area contributed by atoms with Crippen LogP contribution < -0.4 is 10.6 Å². The van der Waals surface area contributed by atoms with Gasteiger partial charge in [0.2, 0.25) is 0 Å². The smallest absolute Gasteiger partial charge is 0.128 e. The Kier molecular flexibility index (Phi) is 4.59. The molecule has 1 unspecified atom stereocenters. The molecule has 0 spiro atoms. The standard InChI is InChI=1S/C15H25N3/c1-12(16)13-9-10-17-15(11-13)18(2)14-7-5-3-4-6-8-14/h9-12,14H,3-8,16H2,1-2H3. The van der Waals surface area contributed by atoms with Gasteiger partial charge in [-0.05, 0) is 37.5 Å². The molecule has 0 saturated heterocycles. The Bertz CT molecular complexity index is 368. The van der Waals surface area contributed by atoms with Gasteiger partial charge in [0.25, 0.3) is 0 Å². The van der Waals surface area contributed by atoms with E-state index in [9.17, 15) is 0 Å². The zero-order valence-electron chi connectivity index (χ0n) is 11.6. The minimum absolute atomic E-state index is 0.0780. The summed E-state index contributed by atoms with van der Waals surface area (Å²) in [6.07, 6.45) is 9.93. The van der Waals surface area contributed by atoms with E-state index in [1.165, 1.54) is 44.1 Å². The van der Waals surface area contributed by atoms with E-state index in [2.05, 4.69) is 23.0 Å². The van der Waals surface area contributed by atoms with Crippen molar-refractivity contribution in [2.45, 2.75) is 57.5 Å². The number of nitrogens with two attached hydrogens (primary N) is 1. The predicted molar refractivity (Wildman–Crippen MR) is 76.7 cm³/mol. The van der Waals surface area contributed by atoms with Crippen LogP contribution in [-0.2, 0) is 0 Å². The molecule has 1 aromatic rings. The summed E-state index contributed by atoms with van der Waals surface area (Å²) in [7, 11) is 2.17. The minimum Gasteiger partial charge on any atom is -0.357 e. The second-order valence-electron chi connectivity index (χ2n) is 5.49. The van der Waals surface area contributed by atoms with Crippen LogP contribution in [0, 0.1) is 0 Å². The molecule has 3 heteroatoms. The maximum absolute atomic E-state index is 5.94. The Hall–Kier alpha value is -1.09. The molecule has 0 radical (unpaired) electrons. The third kappa shape index (κ3) is 3.22. The number of hydrogen-bond donors (Lipinski definition) is 1. The third-order valence-corrected chi connectivity index (χ3v) is 4.03. The van der Waals surface area contributed by atoms with Crippen molar-refractivity contribution in [2.75, 3.05) is 11.9 Å². The lowest BCUT2D eigenvalue weighted by Gasteiger charge is -2.28. The molecule has 0 amide bonds. The molecule has 100 valence electrons. The normalized spacial score (nSPS) is 19.3. The topological polar surface area (TPSA) is 42.1 Å². The van der Waals surface area contributed by atoms with Crippen molar-refractivity contribution in [3.05, 3.63) is 23.9 Å². The maximum atomic E-state index is 5.94. The predicted octanol–water partition coefficient (Wildman–Crippen LogP) is 3.26. The highest BCUT2D eigenvalue weighted by Crippen LogP contribution is 2.25. The number of nitrogens with zero attached hydrogens (tertiary/aromatic N) is 2. The molecule has 0 aliphatic heterocycles. The quantitative estimate of drug-likeness (QED) is 0.834. The summed E-state index contributed by atoms with van der Waals surface area (Å²) in [5, 5.41) is 0. The number of rotatable bonds is 3. The summed E-state index contributed by atoms with van der Waals surface area (Å²) >= 11 is 0. The SMILES string of the molecule is CC(N)c1ccnc(N(C)C2CCCCCC2)c1. The fraction of sp³-hybridized carbons (Fsp3) is 0.667. The highest BCUT2D eigenvalue weighted by atomic mass is 15.2. The maximum Gasteiger partial charge on any atom is 0.128 e. The number of anilines is 1. The van der Waals surface area contributed by atoms with Gasteiger partial charge >= 0.3 is 0 Å². The van der Waals surface area contributed by atoms with Gasteiger partial charge in [0, 0.05) is 25.3 Å². The molecular weight excluding hydrogens is 222 g/mol. The summed E-state index contributed by atoms with van der Waals surface area (Å²) in [5.74, 6) is 1.07. The molecule has 1 fully saturated rings. The van der Waals surface area contributed by atoms with E-state index in [4.69, 9.17) is 5.73 Å². The lowest BCUT2D eigenvalue weighted by molar-refractivity contribution is 0.549. The third-order valence-electron chi connectivity index (χ3n) is 4.03. The zero-order chi connectivity index (χ0) is 13.0. The summed E-state index contributed by atoms with van der Waals surface area (Å²) < 4.78 is 0. The molecule has 1 aromatic heterocycles. The van der Waals surface area contributed by atoms with Crippen molar-refractivity contribution >= 4 is 5.82 Å². The van der Waals surface area contributed by atoms with Crippen molar-refractivity contribution < 1.29 is 0 Å². The average Bonchev–Trinajstić information content (AvgIpc) is 2.67. The van der Waals surface area contributed by atoms with Crippen molar-refractivity contribution in [3.8, 4) is 0 Å². The molecular formula is C15H25N3. The first-order valence-corrected chi connectivity index (χ1v) is 7.13. The van der Waals surface area contributed by atoms with E-state index in [0.717, 1.165) is 5.82 Å². The van der Waals surface area contributed by atoms with Gasteiger partial charge in [-0.3, -0.25) is 0 Å². The Morgan fingerprint density at radius 3 is 2.56 bits per heavy atom. The van der Waals surface area contributed by atoms with Crippen LogP contribution >= 0.6 is 0 Å². The van der Waals surface area contributed by atoms with Gasteiger partial charge in [0.1, 0.15) is 5.82 Å². The van der Waals surface area contributed by atoms with Crippen LogP contribution in [-0.4, -0.2) is 18.1 Å². The fourth-order valence-corrected chi connectivity index (χ4v) is 2.74. The van der Waals surface area contributed by atoms with Crippen molar-refractivity contribution in [1.82, 2.24) is 4.98 Å². The first-order valence-electron chi connectivity index (χ1n) is 7.13. The lowest BCUT2D eigenvalue weighted by atomic mass is 10.1. The second kappa shape index (κ2) is 6.19. The summed E-state index contributed by atoms with van der Waals surface area (Å²) in [6, 6.07) is 4.86. The molecule has 1 aliphatic rings. The van der Waals surface area contributed by atoms with E-state index >= 15 is 0 Å². The average molecular weight is 247 g/mol. The summed E-state index contributed by atoms with van der Waals surface area (Å²) in [4.78, 5) is 6.84. The van der Waals surface area contributed by atoms with Crippen LogP contribution in [0.15, 0.2) is 18.3 Å². The van der Waals surface area contributed by atoms with Gasteiger partial charge in [-0.25, -0.2) is 4.98 Å². The monoisotopic (exact) mass is 247 g/mol. The van der Waals surface area contributed by atoms with Gasteiger partial charge in [0.15, 0.2) is 0 Å². The largest absolute Gasteiger partial charge is 0.357 e. The highest BCUT2D eigenvalue weighted by molar-refractivity contribution is 5.42. The van der Waals surface area contributed by atoms with Gasteiger partial charge in [-0.1, -0.05) is 25.7 Å². The first kappa shape index (κ1) is 13.3. The van der Waals surface area contributed by atoms with Gasteiger partial charge in [-0.2, -0.15) is 0 Å². The van der Waals surface area contributed by atoms with Crippen LogP contribution in [0.3, 0.4) is 0 Å². The molecule has 18 heavy (non-hydrogen) atoms. The van der Waals surface area contributed by atoms with Crippen molar-refractivity contribution in [2.24, 2.45) is 5.73 Å². The second-order valence-corrected chi connectivity index (χ2v) is 5.49. The fourth-order valence-electron chi connectivity index (χ4n) is 2.74. The van der Waals surface area contributed by atoms with E-state index in [0.29, 0.717) is 6.04 Å². The van der Waals surface area contributed by atoms with Gasteiger partial charge in [0.05, 0.1) is 0 Å².